The van der Waals surface area contributed by atoms with Gasteiger partial charge in [-0.15, -0.1) is 0 Å². The summed E-state index contributed by atoms with van der Waals surface area (Å²) in [6.07, 6.45) is -1.98. The van der Waals surface area contributed by atoms with Crippen LogP contribution in [0, 0.1) is 0 Å². The lowest BCUT2D eigenvalue weighted by molar-refractivity contribution is -0.159. The van der Waals surface area contributed by atoms with Gasteiger partial charge in [0.25, 0.3) is 5.56 Å². The molecule has 0 saturated heterocycles. The zero-order valence-electron chi connectivity index (χ0n) is 10.8. The highest BCUT2D eigenvalue weighted by Gasteiger charge is 2.38. The first-order chi connectivity index (χ1) is 10.4. The molecular formula is C13H7F3N4O2. The first-order valence-corrected chi connectivity index (χ1v) is 5.99. The molecule has 0 bridgehead atoms. The minimum Gasteiger partial charge on any atom is -0.329 e. The molecule has 0 aliphatic carbocycles. The second-order valence-electron chi connectivity index (χ2n) is 4.26. The molecule has 0 amide bonds. The molecule has 22 heavy (non-hydrogen) atoms. The van der Waals surface area contributed by atoms with Gasteiger partial charge in [0, 0.05) is 17.8 Å². The lowest BCUT2D eigenvalue weighted by Crippen LogP contribution is -2.16. The summed E-state index contributed by atoms with van der Waals surface area (Å²) in [6.45, 7) is 0. The van der Waals surface area contributed by atoms with Crippen molar-refractivity contribution >= 4 is 0 Å². The van der Waals surface area contributed by atoms with Gasteiger partial charge in [0.1, 0.15) is 6.33 Å². The van der Waals surface area contributed by atoms with E-state index in [1.165, 1.54) is 35.3 Å². The van der Waals surface area contributed by atoms with Crippen molar-refractivity contribution in [3.63, 3.8) is 0 Å². The summed E-state index contributed by atoms with van der Waals surface area (Å²) in [5.74, 6) is -1.59. The molecule has 2 aromatic heterocycles. The van der Waals surface area contributed by atoms with Crippen molar-refractivity contribution in [3.8, 4) is 17.1 Å². The minimum absolute atomic E-state index is 0.183. The highest BCUT2D eigenvalue weighted by molar-refractivity contribution is 5.56. The average Bonchev–Trinajstić information content (AvgIpc) is 2.98. The lowest BCUT2D eigenvalue weighted by Gasteiger charge is -2.04. The second kappa shape index (κ2) is 5.10. The molecule has 0 aliphatic heterocycles. The van der Waals surface area contributed by atoms with Crippen LogP contribution >= 0.6 is 0 Å². The van der Waals surface area contributed by atoms with Gasteiger partial charge in [-0.3, -0.25) is 9.36 Å². The van der Waals surface area contributed by atoms with Crippen LogP contribution in [0.25, 0.3) is 17.1 Å². The van der Waals surface area contributed by atoms with Crippen molar-refractivity contribution in [1.82, 2.24) is 19.7 Å². The fourth-order valence-corrected chi connectivity index (χ4v) is 1.77. The van der Waals surface area contributed by atoms with Crippen LogP contribution in [0.3, 0.4) is 0 Å². The molecule has 1 aromatic carbocycles. The molecule has 0 fully saturated rings. The van der Waals surface area contributed by atoms with Gasteiger partial charge in [0.15, 0.2) is 0 Å². The van der Waals surface area contributed by atoms with Crippen molar-refractivity contribution in [3.05, 3.63) is 59.1 Å². The maximum Gasteiger partial charge on any atom is 0.471 e. The van der Waals surface area contributed by atoms with Crippen molar-refractivity contribution in [1.29, 1.82) is 0 Å². The second-order valence-corrected chi connectivity index (χ2v) is 4.26. The summed E-state index contributed by atoms with van der Waals surface area (Å²) in [7, 11) is 0. The van der Waals surface area contributed by atoms with Crippen molar-refractivity contribution < 1.29 is 17.7 Å². The lowest BCUT2D eigenvalue weighted by atomic mass is 10.2. The third-order valence-corrected chi connectivity index (χ3v) is 2.79. The fraction of sp³-hybridized carbons (Fsp3) is 0.0769. The standard InChI is InChI=1S/C13H7F3N4O2/c14-13(15,16)12-18-11(19-22-12)8-1-3-9(4-2-8)20-7-17-6-5-10(20)21/h1-7H. The van der Waals surface area contributed by atoms with Crippen molar-refractivity contribution in [2.45, 2.75) is 6.18 Å². The molecule has 2 heterocycles. The average molecular weight is 308 g/mol. The van der Waals surface area contributed by atoms with E-state index in [0.29, 0.717) is 11.3 Å². The Hall–Kier alpha value is -2.97. The summed E-state index contributed by atoms with van der Waals surface area (Å²) in [5.41, 5.74) is 0.572. The number of benzene rings is 1. The number of aromatic nitrogens is 4. The van der Waals surface area contributed by atoms with E-state index in [-0.39, 0.29) is 11.4 Å². The van der Waals surface area contributed by atoms with Crippen LogP contribution in [-0.4, -0.2) is 19.7 Å². The highest BCUT2D eigenvalue weighted by Crippen LogP contribution is 2.29. The summed E-state index contributed by atoms with van der Waals surface area (Å²) in [4.78, 5) is 18.8. The van der Waals surface area contributed by atoms with Gasteiger partial charge < -0.3 is 4.52 Å². The van der Waals surface area contributed by atoms with Crippen LogP contribution < -0.4 is 5.56 Å². The zero-order chi connectivity index (χ0) is 15.7. The fourth-order valence-electron chi connectivity index (χ4n) is 1.77. The zero-order valence-corrected chi connectivity index (χ0v) is 10.8. The van der Waals surface area contributed by atoms with E-state index in [9.17, 15) is 18.0 Å². The molecular weight excluding hydrogens is 301 g/mol. The predicted octanol–water partition coefficient (Wildman–Crippen LogP) is 2.30. The van der Waals surface area contributed by atoms with E-state index in [0.717, 1.165) is 0 Å². The van der Waals surface area contributed by atoms with Gasteiger partial charge in [-0.05, 0) is 24.3 Å². The highest BCUT2D eigenvalue weighted by atomic mass is 19.4. The van der Waals surface area contributed by atoms with Crippen molar-refractivity contribution in [2.75, 3.05) is 0 Å². The predicted molar refractivity (Wildman–Crippen MR) is 68.1 cm³/mol. The topological polar surface area (TPSA) is 73.8 Å². The van der Waals surface area contributed by atoms with Gasteiger partial charge in [-0.25, -0.2) is 4.98 Å². The number of halogens is 3. The summed E-state index contributed by atoms with van der Waals surface area (Å²) in [6, 6.07) is 7.35. The van der Waals surface area contributed by atoms with E-state index >= 15 is 0 Å². The molecule has 0 unspecified atom stereocenters. The molecule has 0 aliphatic rings. The maximum absolute atomic E-state index is 12.4. The van der Waals surface area contributed by atoms with Gasteiger partial charge >= 0.3 is 12.1 Å². The van der Waals surface area contributed by atoms with Gasteiger partial charge in [-0.1, -0.05) is 5.16 Å². The number of rotatable bonds is 2. The van der Waals surface area contributed by atoms with Crippen LogP contribution in [0.5, 0.6) is 0 Å². The molecule has 9 heteroatoms. The smallest absolute Gasteiger partial charge is 0.329 e. The van der Waals surface area contributed by atoms with Crippen LogP contribution in [-0.2, 0) is 6.18 Å². The van der Waals surface area contributed by atoms with Gasteiger partial charge in [0.2, 0.25) is 5.82 Å². The van der Waals surface area contributed by atoms with E-state index in [1.54, 1.807) is 12.1 Å². The van der Waals surface area contributed by atoms with E-state index < -0.39 is 12.1 Å². The molecule has 0 spiro atoms. The number of nitrogens with zero attached hydrogens (tertiary/aromatic N) is 4. The first-order valence-electron chi connectivity index (χ1n) is 5.99. The molecule has 3 aromatic rings. The van der Waals surface area contributed by atoms with Crippen molar-refractivity contribution in [2.24, 2.45) is 0 Å². The third kappa shape index (κ3) is 2.60. The largest absolute Gasteiger partial charge is 0.471 e. The number of alkyl halides is 3. The monoisotopic (exact) mass is 308 g/mol. The van der Waals surface area contributed by atoms with E-state index in [1.807, 2.05) is 0 Å². The molecule has 0 saturated carbocycles. The van der Waals surface area contributed by atoms with E-state index in [2.05, 4.69) is 19.6 Å². The molecule has 0 radical (unpaired) electrons. The van der Waals surface area contributed by atoms with Crippen LogP contribution in [0.1, 0.15) is 5.89 Å². The molecule has 3 rings (SSSR count). The van der Waals surface area contributed by atoms with Crippen LogP contribution in [0.4, 0.5) is 13.2 Å². The van der Waals surface area contributed by atoms with Crippen LogP contribution in [0.2, 0.25) is 0 Å². The Labute approximate surface area is 120 Å². The number of hydrogen-bond acceptors (Lipinski definition) is 5. The Morgan fingerprint density at radius 3 is 2.41 bits per heavy atom. The Bertz CT molecular complexity index is 852. The molecule has 112 valence electrons. The normalized spacial score (nSPS) is 11.6. The molecule has 0 N–H and O–H groups in total. The van der Waals surface area contributed by atoms with Gasteiger partial charge in [0.05, 0.1) is 5.69 Å². The third-order valence-electron chi connectivity index (χ3n) is 2.79. The summed E-state index contributed by atoms with van der Waals surface area (Å²) >= 11 is 0. The maximum atomic E-state index is 12.4. The Kier molecular flexibility index (Phi) is 3.24. The Morgan fingerprint density at radius 1 is 1.09 bits per heavy atom. The Balaban J connectivity index is 1.94. The van der Waals surface area contributed by atoms with Gasteiger partial charge in [-0.2, -0.15) is 18.2 Å². The Morgan fingerprint density at radius 2 is 1.82 bits per heavy atom. The summed E-state index contributed by atoms with van der Waals surface area (Å²) in [5, 5.41) is 3.29. The molecule has 0 atom stereocenters. The molecule has 6 nitrogen and oxygen atoms in total. The minimum atomic E-state index is -4.69. The quantitative estimate of drug-likeness (QED) is 0.726. The first kappa shape index (κ1) is 14.0. The van der Waals surface area contributed by atoms with E-state index in [4.69, 9.17) is 0 Å². The summed E-state index contributed by atoms with van der Waals surface area (Å²) < 4.78 is 42.7. The SMILES string of the molecule is O=c1ccncn1-c1ccc(-c2noc(C(F)(F)F)n2)cc1. The van der Waals surface area contributed by atoms with Crippen LogP contribution in [0.15, 0.2) is 52.2 Å². The number of hydrogen-bond donors (Lipinski definition) is 0.